The summed E-state index contributed by atoms with van der Waals surface area (Å²) in [6, 6.07) is 6.02. The van der Waals surface area contributed by atoms with Crippen LogP contribution < -0.4 is 11.2 Å². The number of benzene rings is 1. The number of hydrogen-bond acceptors (Lipinski definition) is 2. The minimum absolute atomic E-state index is 0.569. The molecule has 3 nitrogen and oxygen atoms in total. The van der Waals surface area contributed by atoms with E-state index >= 15 is 0 Å². The van der Waals surface area contributed by atoms with Crippen LogP contribution in [0.2, 0.25) is 0 Å². The van der Waals surface area contributed by atoms with Gasteiger partial charge in [-0.05, 0) is 12.1 Å². The number of H-pyrrole nitrogens is 1. The van der Waals surface area contributed by atoms with Crippen LogP contribution >= 0.6 is 0 Å². The first-order valence-corrected chi connectivity index (χ1v) is 3.47. The van der Waals surface area contributed by atoms with Crippen molar-refractivity contribution >= 4 is 30.0 Å². The number of aromatic nitrogens is 2. The molecule has 3 N–H and O–H groups in total. The van der Waals surface area contributed by atoms with Gasteiger partial charge in [-0.1, -0.05) is 11.5 Å². The van der Waals surface area contributed by atoms with Crippen molar-refractivity contribution in [3.05, 3.63) is 18.2 Å². The normalized spacial score (nSPS) is 10.5. The standard InChI is InChI=1S/C7H8BN3/c8-4-1-2-5-6(3-4)10-11-7(5)9/h1-3H,8H2,(H3,9,10,11). The van der Waals surface area contributed by atoms with E-state index in [-0.39, 0.29) is 0 Å². The number of nitrogen functional groups attached to an aromatic ring is 1. The first-order valence-electron chi connectivity index (χ1n) is 3.47. The van der Waals surface area contributed by atoms with Gasteiger partial charge in [0.05, 0.1) is 5.52 Å². The molecule has 0 spiro atoms. The molecule has 0 aliphatic heterocycles. The Morgan fingerprint density at radius 2 is 2.27 bits per heavy atom. The Labute approximate surface area is 65.0 Å². The van der Waals surface area contributed by atoms with E-state index in [0.29, 0.717) is 5.82 Å². The summed E-state index contributed by atoms with van der Waals surface area (Å²) in [5.74, 6) is 0.569. The smallest absolute Gasteiger partial charge is 0.153 e. The van der Waals surface area contributed by atoms with Crippen molar-refractivity contribution in [3.8, 4) is 0 Å². The van der Waals surface area contributed by atoms with Gasteiger partial charge < -0.3 is 5.73 Å². The average molecular weight is 145 g/mol. The predicted molar refractivity (Wildman–Crippen MR) is 48.7 cm³/mol. The maximum absolute atomic E-state index is 5.58. The molecule has 2 rings (SSSR count). The summed E-state index contributed by atoms with van der Waals surface area (Å²) in [4.78, 5) is 0. The predicted octanol–water partition coefficient (Wildman–Crippen LogP) is -0.597. The Bertz CT molecular complexity index is 393. The summed E-state index contributed by atoms with van der Waals surface area (Å²) < 4.78 is 0. The lowest BCUT2D eigenvalue weighted by Crippen LogP contribution is -1.99. The lowest BCUT2D eigenvalue weighted by molar-refractivity contribution is 1.13. The van der Waals surface area contributed by atoms with E-state index < -0.39 is 0 Å². The highest BCUT2D eigenvalue weighted by Gasteiger charge is 1.99. The van der Waals surface area contributed by atoms with Crippen LogP contribution in [-0.4, -0.2) is 18.0 Å². The molecule has 0 fully saturated rings. The number of fused-ring (bicyclic) bond motifs is 1. The molecule has 0 amide bonds. The minimum atomic E-state index is 0.569. The zero-order valence-corrected chi connectivity index (χ0v) is 6.26. The largest absolute Gasteiger partial charge is 0.382 e. The van der Waals surface area contributed by atoms with Gasteiger partial charge in [0.15, 0.2) is 5.82 Å². The third-order valence-corrected chi connectivity index (χ3v) is 1.75. The fourth-order valence-electron chi connectivity index (χ4n) is 1.15. The molecule has 0 aliphatic carbocycles. The molecular weight excluding hydrogens is 137 g/mol. The van der Waals surface area contributed by atoms with E-state index in [0.717, 1.165) is 10.9 Å². The van der Waals surface area contributed by atoms with Crippen molar-refractivity contribution in [3.63, 3.8) is 0 Å². The van der Waals surface area contributed by atoms with E-state index in [9.17, 15) is 0 Å². The van der Waals surface area contributed by atoms with Crippen molar-refractivity contribution in [2.45, 2.75) is 0 Å². The number of nitrogens with one attached hydrogen (secondary N) is 1. The first-order chi connectivity index (χ1) is 5.27. The van der Waals surface area contributed by atoms with Crippen LogP contribution in [0.5, 0.6) is 0 Å². The highest BCUT2D eigenvalue weighted by molar-refractivity contribution is 6.33. The molecule has 54 valence electrons. The quantitative estimate of drug-likeness (QED) is 0.486. The highest BCUT2D eigenvalue weighted by Crippen LogP contribution is 2.14. The Kier molecular flexibility index (Phi) is 1.15. The molecule has 0 unspecified atom stereocenters. The zero-order chi connectivity index (χ0) is 7.84. The lowest BCUT2D eigenvalue weighted by atomic mass is 9.95. The van der Waals surface area contributed by atoms with E-state index in [1.807, 2.05) is 26.0 Å². The van der Waals surface area contributed by atoms with Crippen molar-refractivity contribution in [2.75, 3.05) is 5.73 Å². The molecule has 4 heteroatoms. The fraction of sp³-hybridized carbons (Fsp3) is 0. The maximum Gasteiger partial charge on any atom is 0.153 e. The second-order valence-electron chi connectivity index (χ2n) is 2.66. The lowest BCUT2D eigenvalue weighted by Gasteiger charge is -1.90. The van der Waals surface area contributed by atoms with Crippen LogP contribution in [-0.2, 0) is 0 Å². The summed E-state index contributed by atoms with van der Waals surface area (Å²) in [6.45, 7) is 0. The second kappa shape index (κ2) is 2.02. The molecule has 0 aliphatic rings. The summed E-state index contributed by atoms with van der Waals surface area (Å²) in [7, 11) is 2.04. The van der Waals surface area contributed by atoms with Gasteiger partial charge >= 0.3 is 0 Å². The van der Waals surface area contributed by atoms with Crippen molar-refractivity contribution in [1.82, 2.24) is 10.2 Å². The number of aromatic amines is 1. The number of hydrogen-bond donors (Lipinski definition) is 2. The van der Waals surface area contributed by atoms with Gasteiger partial charge in [-0.25, -0.2) is 0 Å². The SMILES string of the molecule is Bc1ccc2c(N)n[nH]c2c1. The fourth-order valence-corrected chi connectivity index (χ4v) is 1.15. The molecule has 0 atom stereocenters. The third kappa shape index (κ3) is 0.870. The average Bonchev–Trinajstić information content (AvgIpc) is 2.32. The number of anilines is 1. The number of nitrogens with two attached hydrogens (primary N) is 1. The summed E-state index contributed by atoms with van der Waals surface area (Å²) in [5.41, 5.74) is 7.80. The molecule has 11 heavy (non-hydrogen) atoms. The number of nitrogens with zero attached hydrogens (tertiary/aromatic N) is 1. The minimum Gasteiger partial charge on any atom is -0.382 e. The Hall–Kier alpha value is -1.45. The van der Waals surface area contributed by atoms with Crippen LogP contribution in [0.25, 0.3) is 10.9 Å². The third-order valence-electron chi connectivity index (χ3n) is 1.75. The molecule has 1 heterocycles. The van der Waals surface area contributed by atoms with Crippen LogP contribution in [0.4, 0.5) is 5.82 Å². The van der Waals surface area contributed by atoms with Gasteiger partial charge in [0, 0.05) is 5.39 Å². The summed E-state index contributed by atoms with van der Waals surface area (Å²) in [6.07, 6.45) is 0. The molecule has 0 radical (unpaired) electrons. The Balaban J connectivity index is 2.86. The summed E-state index contributed by atoms with van der Waals surface area (Å²) in [5, 5.41) is 7.74. The first kappa shape index (κ1) is 6.28. The van der Waals surface area contributed by atoms with E-state index in [1.165, 1.54) is 5.46 Å². The van der Waals surface area contributed by atoms with E-state index in [1.54, 1.807) is 0 Å². The van der Waals surface area contributed by atoms with Crippen LogP contribution in [0.3, 0.4) is 0 Å². The molecule has 1 aromatic carbocycles. The monoisotopic (exact) mass is 145 g/mol. The summed E-state index contributed by atoms with van der Waals surface area (Å²) >= 11 is 0. The molecule has 2 aromatic rings. The van der Waals surface area contributed by atoms with Gasteiger partial charge in [-0.3, -0.25) is 5.10 Å². The van der Waals surface area contributed by atoms with Gasteiger partial charge in [0.2, 0.25) is 0 Å². The van der Waals surface area contributed by atoms with Gasteiger partial charge in [-0.2, -0.15) is 5.10 Å². The molecule has 0 saturated carbocycles. The van der Waals surface area contributed by atoms with Crippen molar-refractivity contribution in [2.24, 2.45) is 0 Å². The number of rotatable bonds is 0. The molecule has 0 saturated heterocycles. The van der Waals surface area contributed by atoms with Crippen LogP contribution in [0, 0.1) is 0 Å². The van der Waals surface area contributed by atoms with E-state index in [4.69, 9.17) is 5.73 Å². The van der Waals surface area contributed by atoms with Crippen LogP contribution in [0.1, 0.15) is 0 Å². The topological polar surface area (TPSA) is 54.7 Å². The van der Waals surface area contributed by atoms with Crippen molar-refractivity contribution < 1.29 is 0 Å². The molecule has 0 bridgehead atoms. The molecular formula is C7H8BN3. The maximum atomic E-state index is 5.58. The zero-order valence-electron chi connectivity index (χ0n) is 6.26. The van der Waals surface area contributed by atoms with Crippen molar-refractivity contribution in [1.29, 1.82) is 0 Å². The Morgan fingerprint density at radius 3 is 3.09 bits per heavy atom. The Morgan fingerprint density at radius 1 is 1.45 bits per heavy atom. The van der Waals surface area contributed by atoms with Crippen LogP contribution in [0.15, 0.2) is 18.2 Å². The highest BCUT2D eigenvalue weighted by atomic mass is 15.1. The second-order valence-corrected chi connectivity index (χ2v) is 2.66. The van der Waals surface area contributed by atoms with Gasteiger partial charge in [0.1, 0.15) is 7.85 Å². The van der Waals surface area contributed by atoms with Gasteiger partial charge in [0.25, 0.3) is 0 Å². The molecule has 1 aromatic heterocycles. The van der Waals surface area contributed by atoms with E-state index in [2.05, 4.69) is 10.2 Å². The van der Waals surface area contributed by atoms with Gasteiger partial charge in [-0.15, -0.1) is 0 Å².